The van der Waals surface area contributed by atoms with Gasteiger partial charge in [-0.1, -0.05) is 18.9 Å². The van der Waals surface area contributed by atoms with Crippen LogP contribution >= 0.6 is 0 Å². The molecule has 4 aromatic rings. The van der Waals surface area contributed by atoms with Crippen LogP contribution in [0.4, 0.5) is 15.9 Å². The second-order valence-electron chi connectivity index (χ2n) is 7.96. The van der Waals surface area contributed by atoms with Gasteiger partial charge in [-0.05, 0) is 42.8 Å². The molecular formula is C26H28FN7O. The Labute approximate surface area is 203 Å². The molecule has 0 aliphatic heterocycles. The fourth-order valence-corrected chi connectivity index (χ4v) is 3.78. The lowest BCUT2D eigenvalue weighted by Crippen LogP contribution is -2.28. The maximum Gasteiger partial charge on any atom is 0.200 e. The monoisotopic (exact) mass is 473 g/mol. The third-order valence-electron chi connectivity index (χ3n) is 5.43. The molecule has 0 amide bonds. The van der Waals surface area contributed by atoms with Crippen LogP contribution in [0, 0.1) is 17.7 Å². The van der Waals surface area contributed by atoms with Gasteiger partial charge in [-0.3, -0.25) is 9.97 Å². The number of hydrogen-bond acceptors (Lipinski definition) is 7. The van der Waals surface area contributed by atoms with Crippen molar-refractivity contribution in [1.82, 2.24) is 29.5 Å². The summed E-state index contributed by atoms with van der Waals surface area (Å²) < 4.78 is 16.1. The number of aromatic nitrogens is 5. The molecule has 0 aliphatic carbocycles. The van der Waals surface area contributed by atoms with Crippen molar-refractivity contribution in [2.45, 2.75) is 26.2 Å². The summed E-state index contributed by atoms with van der Waals surface area (Å²) in [6.45, 7) is 4.71. The molecule has 4 heterocycles. The van der Waals surface area contributed by atoms with Gasteiger partial charge in [-0.25, -0.2) is 13.9 Å². The maximum absolute atomic E-state index is 14.4. The molecule has 180 valence electrons. The van der Waals surface area contributed by atoms with Crippen molar-refractivity contribution < 1.29 is 9.50 Å². The summed E-state index contributed by atoms with van der Waals surface area (Å²) in [6.07, 6.45) is 8.47. The number of aliphatic hydroxyl groups is 1. The molecule has 0 aromatic carbocycles. The lowest BCUT2D eigenvalue weighted by molar-refractivity contribution is 0.198. The summed E-state index contributed by atoms with van der Waals surface area (Å²) in [5, 5.41) is 16.9. The van der Waals surface area contributed by atoms with Crippen LogP contribution in [-0.2, 0) is 6.42 Å². The minimum Gasteiger partial charge on any atom is -0.395 e. The Balaban J connectivity index is 1.61. The molecule has 0 bridgehead atoms. The molecular weight excluding hydrogens is 445 g/mol. The quantitative estimate of drug-likeness (QED) is 0.339. The Morgan fingerprint density at radius 2 is 2.03 bits per heavy atom. The van der Waals surface area contributed by atoms with Gasteiger partial charge in [0, 0.05) is 44.5 Å². The minimum atomic E-state index is -0.476. The molecule has 0 saturated carbocycles. The molecule has 4 aromatic heterocycles. The van der Waals surface area contributed by atoms with Gasteiger partial charge < -0.3 is 15.3 Å². The highest BCUT2D eigenvalue weighted by Gasteiger charge is 2.15. The van der Waals surface area contributed by atoms with Crippen molar-refractivity contribution in [3.05, 3.63) is 66.5 Å². The molecule has 2 N–H and O–H groups in total. The van der Waals surface area contributed by atoms with Crippen molar-refractivity contribution in [3.63, 3.8) is 0 Å². The van der Waals surface area contributed by atoms with E-state index in [0.717, 1.165) is 43.2 Å². The van der Waals surface area contributed by atoms with E-state index in [1.807, 2.05) is 30.5 Å². The number of aliphatic hydroxyl groups excluding tert-OH is 1. The molecule has 0 aliphatic rings. The first-order valence-corrected chi connectivity index (χ1v) is 11.6. The maximum atomic E-state index is 14.4. The van der Waals surface area contributed by atoms with Crippen molar-refractivity contribution in [3.8, 4) is 23.4 Å². The van der Waals surface area contributed by atoms with E-state index in [2.05, 4.69) is 49.0 Å². The second-order valence-corrected chi connectivity index (χ2v) is 7.96. The summed E-state index contributed by atoms with van der Waals surface area (Å²) in [4.78, 5) is 15.0. The van der Waals surface area contributed by atoms with Gasteiger partial charge in [-0.15, -0.1) is 11.0 Å². The van der Waals surface area contributed by atoms with E-state index in [1.54, 1.807) is 16.8 Å². The topological polar surface area (TPSA) is 91.5 Å². The SMILES string of the molecule is CCCN(CCO)CCC#CCc1ccn2nc(-c3ccccn3)nc(Nc3ccncc3F)c12. The number of halogens is 1. The molecule has 4 rings (SSSR count). The summed E-state index contributed by atoms with van der Waals surface area (Å²) in [7, 11) is 0. The van der Waals surface area contributed by atoms with Crippen LogP contribution in [0.25, 0.3) is 17.0 Å². The summed E-state index contributed by atoms with van der Waals surface area (Å²) >= 11 is 0. The molecule has 0 fully saturated rings. The van der Waals surface area contributed by atoms with E-state index >= 15 is 0 Å². The average molecular weight is 474 g/mol. The highest BCUT2D eigenvalue weighted by atomic mass is 19.1. The average Bonchev–Trinajstić information content (AvgIpc) is 3.29. The Morgan fingerprint density at radius 3 is 2.80 bits per heavy atom. The first kappa shape index (κ1) is 24.3. The van der Waals surface area contributed by atoms with Crippen molar-refractivity contribution in [1.29, 1.82) is 0 Å². The molecule has 0 spiro atoms. The number of fused-ring (bicyclic) bond motifs is 1. The standard InChI is InChI=1S/C26H28FN7O/c1-2-14-33(17-18-35)15-7-3-4-8-20-11-16-34-24(20)26(30-22-10-13-28-19-21(22)27)31-25(32-34)23-9-5-6-12-29-23/h5-6,9-13,16,19,35H,2,7-8,14-15,17-18H2,1H3,(H,28,30,31,32). The summed E-state index contributed by atoms with van der Waals surface area (Å²) in [5.41, 5.74) is 2.54. The van der Waals surface area contributed by atoms with Gasteiger partial charge in [-0.2, -0.15) is 0 Å². The highest BCUT2D eigenvalue weighted by Crippen LogP contribution is 2.27. The van der Waals surface area contributed by atoms with E-state index in [-0.39, 0.29) is 12.3 Å². The van der Waals surface area contributed by atoms with E-state index < -0.39 is 5.82 Å². The predicted octanol–water partition coefficient (Wildman–Crippen LogP) is 3.71. The van der Waals surface area contributed by atoms with Gasteiger partial charge in [0.15, 0.2) is 11.6 Å². The molecule has 8 nitrogen and oxygen atoms in total. The van der Waals surface area contributed by atoms with Gasteiger partial charge in [0.25, 0.3) is 0 Å². The fraction of sp³-hybridized carbons (Fsp3) is 0.308. The largest absolute Gasteiger partial charge is 0.395 e. The van der Waals surface area contributed by atoms with E-state index in [4.69, 9.17) is 0 Å². The Hall–Kier alpha value is -3.87. The van der Waals surface area contributed by atoms with Gasteiger partial charge in [0.1, 0.15) is 11.2 Å². The Bertz CT molecular complexity index is 1310. The Morgan fingerprint density at radius 1 is 1.11 bits per heavy atom. The molecule has 0 atom stereocenters. The van der Waals surface area contributed by atoms with Crippen LogP contribution in [0.2, 0.25) is 0 Å². The highest BCUT2D eigenvalue weighted by molar-refractivity contribution is 5.78. The van der Waals surface area contributed by atoms with Crippen molar-refractivity contribution in [2.75, 3.05) is 31.6 Å². The number of nitrogens with one attached hydrogen (secondary N) is 1. The Kier molecular flexibility index (Phi) is 8.33. The predicted molar refractivity (Wildman–Crippen MR) is 134 cm³/mol. The summed E-state index contributed by atoms with van der Waals surface area (Å²) in [5.74, 6) is 6.87. The molecule has 0 saturated heterocycles. The zero-order valence-corrected chi connectivity index (χ0v) is 19.7. The van der Waals surface area contributed by atoms with Gasteiger partial charge in [0.05, 0.1) is 18.5 Å². The van der Waals surface area contributed by atoms with E-state index in [1.165, 1.54) is 6.20 Å². The third-order valence-corrected chi connectivity index (χ3v) is 5.43. The smallest absolute Gasteiger partial charge is 0.200 e. The summed E-state index contributed by atoms with van der Waals surface area (Å²) in [6, 6.07) is 9.03. The van der Waals surface area contributed by atoms with Crippen LogP contribution < -0.4 is 5.32 Å². The number of rotatable bonds is 10. The van der Waals surface area contributed by atoms with Crippen molar-refractivity contribution in [2.24, 2.45) is 0 Å². The third kappa shape index (κ3) is 6.18. The van der Waals surface area contributed by atoms with Gasteiger partial charge >= 0.3 is 0 Å². The van der Waals surface area contributed by atoms with Crippen LogP contribution in [0.15, 0.2) is 55.1 Å². The van der Waals surface area contributed by atoms with Crippen LogP contribution in [0.3, 0.4) is 0 Å². The molecule has 0 radical (unpaired) electrons. The molecule has 0 unspecified atom stereocenters. The molecule has 9 heteroatoms. The number of nitrogens with zero attached hydrogens (tertiary/aromatic N) is 6. The van der Waals surface area contributed by atoms with E-state index in [0.29, 0.717) is 30.3 Å². The zero-order valence-electron chi connectivity index (χ0n) is 19.7. The lowest BCUT2D eigenvalue weighted by atomic mass is 10.2. The zero-order chi connectivity index (χ0) is 24.5. The number of pyridine rings is 2. The minimum absolute atomic E-state index is 0.151. The number of hydrogen-bond donors (Lipinski definition) is 2. The van der Waals surface area contributed by atoms with Crippen LogP contribution in [-0.4, -0.2) is 60.8 Å². The van der Waals surface area contributed by atoms with Gasteiger partial charge in [0.2, 0.25) is 5.82 Å². The van der Waals surface area contributed by atoms with Crippen LogP contribution in [0.1, 0.15) is 25.3 Å². The van der Waals surface area contributed by atoms with Crippen molar-refractivity contribution >= 4 is 17.0 Å². The lowest BCUT2D eigenvalue weighted by Gasteiger charge is -2.18. The second kappa shape index (κ2) is 12.0. The first-order valence-electron chi connectivity index (χ1n) is 11.6. The van der Waals surface area contributed by atoms with Crippen LogP contribution in [0.5, 0.6) is 0 Å². The fourth-order valence-electron chi connectivity index (χ4n) is 3.78. The normalized spacial score (nSPS) is 11.0. The first-order chi connectivity index (χ1) is 17.2. The number of anilines is 2. The van der Waals surface area contributed by atoms with E-state index in [9.17, 15) is 9.50 Å². The molecule has 35 heavy (non-hydrogen) atoms.